The summed E-state index contributed by atoms with van der Waals surface area (Å²) in [4.78, 5) is 12.8. The molecule has 1 atom stereocenters. The van der Waals surface area contributed by atoms with Crippen molar-refractivity contribution in [2.75, 3.05) is 25.5 Å². The van der Waals surface area contributed by atoms with Crippen LogP contribution in [-0.2, 0) is 10.0 Å². The molecule has 0 aromatic heterocycles. The van der Waals surface area contributed by atoms with Gasteiger partial charge >= 0.3 is 0 Å². The van der Waals surface area contributed by atoms with E-state index in [9.17, 15) is 13.2 Å². The monoisotopic (exact) mass is 481 g/mol. The predicted octanol–water partition coefficient (Wildman–Crippen LogP) is 3.65. The third-order valence-corrected chi connectivity index (χ3v) is 7.45. The van der Waals surface area contributed by atoms with Crippen LogP contribution in [0.5, 0.6) is 5.75 Å². The number of methoxy groups -OCH3 is 1. The number of sulfonamides is 1. The first-order valence-electron chi connectivity index (χ1n) is 10.5. The number of hydrogen-bond donors (Lipinski definition) is 3. The highest BCUT2D eigenvalue weighted by atomic mass is 35.5. The molecule has 0 radical (unpaired) electrons. The largest absolute Gasteiger partial charge is 0.495 e. The second kappa shape index (κ2) is 11.1. The molecule has 9 heteroatoms. The van der Waals surface area contributed by atoms with Gasteiger partial charge in [-0.1, -0.05) is 18.2 Å². The van der Waals surface area contributed by atoms with Crippen LogP contribution >= 0.6 is 12.4 Å². The first-order chi connectivity index (χ1) is 14.7. The highest BCUT2D eigenvalue weighted by molar-refractivity contribution is 7.89. The van der Waals surface area contributed by atoms with E-state index in [0.717, 1.165) is 31.5 Å². The van der Waals surface area contributed by atoms with E-state index in [2.05, 4.69) is 15.4 Å². The lowest BCUT2D eigenvalue weighted by Gasteiger charge is -2.29. The van der Waals surface area contributed by atoms with Crippen molar-refractivity contribution in [2.45, 2.75) is 44.6 Å². The molecule has 0 saturated carbocycles. The smallest absolute Gasteiger partial charge is 0.255 e. The molecule has 1 saturated heterocycles. The third kappa shape index (κ3) is 6.01. The van der Waals surface area contributed by atoms with E-state index >= 15 is 0 Å². The molecule has 7 nitrogen and oxygen atoms in total. The van der Waals surface area contributed by atoms with Gasteiger partial charge in [0.25, 0.3) is 5.91 Å². The Balaban J connectivity index is 0.00000363. The molecule has 2 aromatic rings. The van der Waals surface area contributed by atoms with Crippen molar-refractivity contribution >= 4 is 34.0 Å². The quantitative estimate of drug-likeness (QED) is 0.561. The molecule has 1 aliphatic heterocycles. The lowest BCUT2D eigenvalue weighted by Crippen LogP contribution is -2.42. The summed E-state index contributed by atoms with van der Waals surface area (Å²) in [5.74, 6) is 0.225. The summed E-state index contributed by atoms with van der Waals surface area (Å²) in [5.41, 5.74) is 2.57. The first kappa shape index (κ1) is 26.1. The van der Waals surface area contributed by atoms with Crippen LogP contribution in [0.4, 0.5) is 5.69 Å². The van der Waals surface area contributed by atoms with E-state index in [1.165, 1.54) is 7.11 Å². The number of nitrogens with one attached hydrogen (secondary N) is 3. The van der Waals surface area contributed by atoms with Gasteiger partial charge in [-0.25, -0.2) is 13.1 Å². The zero-order valence-electron chi connectivity index (χ0n) is 18.9. The van der Waals surface area contributed by atoms with E-state index < -0.39 is 10.0 Å². The van der Waals surface area contributed by atoms with Gasteiger partial charge in [0, 0.05) is 23.4 Å². The fourth-order valence-corrected chi connectivity index (χ4v) is 5.48. The summed E-state index contributed by atoms with van der Waals surface area (Å²) in [5, 5.41) is 6.17. The highest BCUT2D eigenvalue weighted by Gasteiger charge is 2.28. The lowest BCUT2D eigenvalue weighted by atomic mass is 9.92. The molecule has 0 unspecified atom stereocenters. The van der Waals surface area contributed by atoms with E-state index in [-0.39, 0.29) is 40.9 Å². The van der Waals surface area contributed by atoms with Gasteiger partial charge in [0.2, 0.25) is 10.0 Å². The molecule has 1 fully saturated rings. The normalized spacial score (nSPS) is 15.5. The Kier molecular flexibility index (Phi) is 9.09. The number of benzene rings is 2. The fourth-order valence-electron chi connectivity index (χ4n) is 3.93. The average molecular weight is 482 g/mol. The number of carbonyl (C=O) groups is 1. The van der Waals surface area contributed by atoms with Gasteiger partial charge in [0.05, 0.1) is 7.11 Å². The molecule has 1 aliphatic rings. The van der Waals surface area contributed by atoms with Gasteiger partial charge in [-0.05, 0) is 75.9 Å². The van der Waals surface area contributed by atoms with E-state index in [1.54, 1.807) is 31.2 Å². The molecule has 0 bridgehead atoms. The zero-order valence-corrected chi connectivity index (χ0v) is 20.5. The summed E-state index contributed by atoms with van der Waals surface area (Å²) in [6.45, 7) is 7.34. The third-order valence-electron chi connectivity index (χ3n) is 5.87. The molecule has 1 heterocycles. The van der Waals surface area contributed by atoms with Crippen molar-refractivity contribution in [3.63, 3.8) is 0 Å². The summed E-state index contributed by atoms with van der Waals surface area (Å²) >= 11 is 0. The highest BCUT2D eigenvalue weighted by Crippen LogP contribution is 2.31. The Hall–Kier alpha value is -2.13. The number of carbonyl (C=O) groups excluding carboxylic acids is 1. The number of rotatable bonds is 7. The molecular weight excluding hydrogens is 450 g/mol. The van der Waals surface area contributed by atoms with Gasteiger partial charge < -0.3 is 15.4 Å². The van der Waals surface area contributed by atoms with Crippen molar-refractivity contribution in [3.05, 3.63) is 53.1 Å². The van der Waals surface area contributed by atoms with Crippen molar-refractivity contribution in [1.29, 1.82) is 0 Å². The standard InChI is InChI=1S/C23H31N3O4S.ClH/c1-15-7-5-6-8-19(15)23(27)25-20-14-21(30-4)22(13-16(20)2)31(28,29)26-17(3)18-9-11-24-12-10-18;/h5-8,13-14,17-18,24,26H,9-12H2,1-4H3,(H,25,27);1H/t17-;/m1./s1. The SMILES string of the molecule is COc1cc(NC(=O)c2ccccc2C)c(C)cc1S(=O)(=O)N[C@H](C)C1CCNCC1.Cl. The van der Waals surface area contributed by atoms with E-state index in [1.807, 2.05) is 26.0 Å². The number of hydrogen-bond acceptors (Lipinski definition) is 5. The second-order valence-corrected chi connectivity index (χ2v) is 9.77. The topological polar surface area (TPSA) is 96.5 Å². The van der Waals surface area contributed by atoms with Crippen molar-refractivity contribution in [2.24, 2.45) is 5.92 Å². The van der Waals surface area contributed by atoms with Crippen LogP contribution in [0.25, 0.3) is 0 Å². The summed E-state index contributed by atoms with van der Waals surface area (Å²) < 4.78 is 34.4. The minimum Gasteiger partial charge on any atom is -0.495 e. The Bertz CT molecular complexity index is 1050. The number of anilines is 1. The van der Waals surface area contributed by atoms with Gasteiger partial charge in [-0.15, -0.1) is 12.4 Å². The summed E-state index contributed by atoms with van der Waals surface area (Å²) in [7, 11) is -2.36. The summed E-state index contributed by atoms with van der Waals surface area (Å²) in [6, 6.07) is 10.2. The molecule has 176 valence electrons. The maximum atomic E-state index is 13.1. The van der Waals surface area contributed by atoms with Crippen LogP contribution in [0.15, 0.2) is 41.3 Å². The first-order valence-corrected chi connectivity index (χ1v) is 12.0. The number of amides is 1. The predicted molar refractivity (Wildman–Crippen MR) is 129 cm³/mol. The number of piperidine rings is 1. The average Bonchev–Trinajstić information content (AvgIpc) is 2.75. The molecule has 0 spiro atoms. The second-order valence-electron chi connectivity index (χ2n) is 8.08. The zero-order chi connectivity index (χ0) is 22.6. The van der Waals surface area contributed by atoms with Crippen LogP contribution < -0.4 is 20.1 Å². The number of ether oxygens (including phenoxy) is 1. The molecule has 0 aliphatic carbocycles. The van der Waals surface area contributed by atoms with Crippen molar-refractivity contribution < 1.29 is 17.9 Å². The Morgan fingerprint density at radius 3 is 2.41 bits per heavy atom. The van der Waals surface area contributed by atoms with Crippen LogP contribution in [0.1, 0.15) is 41.3 Å². The molecule has 1 amide bonds. The van der Waals surface area contributed by atoms with Crippen molar-refractivity contribution in [3.8, 4) is 5.75 Å². The van der Waals surface area contributed by atoms with Crippen LogP contribution in [0.3, 0.4) is 0 Å². The van der Waals surface area contributed by atoms with Gasteiger partial charge in [-0.2, -0.15) is 0 Å². The minimum absolute atomic E-state index is 0. The fraction of sp³-hybridized carbons (Fsp3) is 0.435. The molecule has 2 aromatic carbocycles. The Labute approximate surface area is 196 Å². The van der Waals surface area contributed by atoms with E-state index in [0.29, 0.717) is 16.8 Å². The van der Waals surface area contributed by atoms with Gasteiger partial charge in [-0.3, -0.25) is 4.79 Å². The number of halogens is 1. The molecule has 3 N–H and O–H groups in total. The van der Waals surface area contributed by atoms with Crippen molar-refractivity contribution in [1.82, 2.24) is 10.0 Å². The summed E-state index contributed by atoms with van der Waals surface area (Å²) in [6.07, 6.45) is 1.87. The Morgan fingerprint density at radius 1 is 1.12 bits per heavy atom. The number of aryl methyl sites for hydroxylation is 2. The Morgan fingerprint density at radius 2 is 1.78 bits per heavy atom. The maximum Gasteiger partial charge on any atom is 0.255 e. The van der Waals surface area contributed by atoms with Gasteiger partial charge in [0.1, 0.15) is 10.6 Å². The van der Waals surface area contributed by atoms with Crippen LogP contribution in [0, 0.1) is 19.8 Å². The molecular formula is C23H32ClN3O4S. The minimum atomic E-state index is -3.79. The molecule has 32 heavy (non-hydrogen) atoms. The van der Waals surface area contributed by atoms with E-state index in [4.69, 9.17) is 4.74 Å². The van der Waals surface area contributed by atoms with Crippen LogP contribution in [0.2, 0.25) is 0 Å². The lowest BCUT2D eigenvalue weighted by molar-refractivity contribution is 0.102. The van der Waals surface area contributed by atoms with Gasteiger partial charge in [0.15, 0.2) is 0 Å². The molecule has 3 rings (SSSR count). The van der Waals surface area contributed by atoms with Crippen LogP contribution in [-0.4, -0.2) is 40.6 Å². The maximum absolute atomic E-state index is 13.1.